The number of imidazole rings is 1. The van der Waals surface area contributed by atoms with E-state index in [1.54, 1.807) is 37.6 Å². The quantitative estimate of drug-likeness (QED) is 0.387. The Hall–Kier alpha value is -2.82. The van der Waals surface area contributed by atoms with E-state index >= 15 is 0 Å². The summed E-state index contributed by atoms with van der Waals surface area (Å²) in [7, 11) is -2.13. The molecule has 0 atom stereocenters. The first-order chi connectivity index (χ1) is 17.1. The van der Waals surface area contributed by atoms with Crippen LogP contribution in [0.5, 0.6) is 0 Å². The van der Waals surface area contributed by atoms with E-state index in [0.29, 0.717) is 18.2 Å². The van der Waals surface area contributed by atoms with Crippen LogP contribution in [-0.4, -0.2) is 58.5 Å². The highest BCUT2D eigenvalue weighted by Gasteiger charge is 2.33. The van der Waals surface area contributed by atoms with Crippen molar-refractivity contribution in [3.8, 4) is 11.4 Å². The fourth-order valence-corrected chi connectivity index (χ4v) is 5.87. The van der Waals surface area contributed by atoms with E-state index in [-0.39, 0.29) is 11.4 Å². The molecule has 0 spiro atoms. The molecule has 2 aromatic heterocycles. The second-order valence-electron chi connectivity index (χ2n) is 10.2. The number of rotatable bonds is 11. The lowest BCUT2D eigenvalue weighted by Gasteiger charge is -2.34. The van der Waals surface area contributed by atoms with Crippen LogP contribution >= 0.6 is 0 Å². The van der Waals surface area contributed by atoms with Crippen molar-refractivity contribution in [2.75, 3.05) is 25.6 Å². The lowest BCUT2D eigenvalue weighted by Crippen LogP contribution is -2.47. The maximum Gasteiger partial charge on any atom is 0.243 e. The molecule has 1 aliphatic carbocycles. The molecule has 2 heterocycles. The molecule has 194 valence electrons. The summed E-state index contributed by atoms with van der Waals surface area (Å²) in [4.78, 5) is 17.5. The van der Waals surface area contributed by atoms with Crippen LogP contribution in [0.4, 0.5) is 11.6 Å². The maximum atomic E-state index is 13.3. The zero-order valence-electron chi connectivity index (χ0n) is 21.7. The third-order valence-corrected chi connectivity index (χ3v) is 8.38. The highest BCUT2D eigenvalue weighted by atomic mass is 32.2. The molecule has 3 aromatic rings. The van der Waals surface area contributed by atoms with Gasteiger partial charge in [0, 0.05) is 37.5 Å². The Bertz CT molecular complexity index is 1280. The summed E-state index contributed by atoms with van der Waals surface area (Å²) in [6.07, 6.45) is 6.03. The Kier molecular flexibility index (Phi) is 7.77. The van der Waals surface area contributed by atoms with Gasteiger partial charge in [-0.2, -0.15) is 4.31 Å². The lowest BCUT2D eigenvalue weighted by molar-refractivity contribution is 0.148. The van der Waals surface area contributed by atoms with Crippen molar-refractivity contribution in [1.29, 1.82) is 0 Å². The zero-order valence-corrected chi connectivity index (χ0v) is 22.5. The molecular weight excluding hydrogens is 476 g/mol. The van der Waals surface area contributed by atoms with Crippen molar-refractivity contribution in [2.45, 2.75) is 63.8 Å². The van der Waals surface area contributed by atoms with Crippen LogP contribution in [0.25, 0.3) is 11.4 Å². The molecule has 1 aromatic carbocycles. The van der Waals surface area contributed by atoms with E-state index in [2.05, 4.69) is 22.2 Å². The van der Waals surface area contributed by atoms with Gasteiger partial charge in [-0.1, -0.05) is 6.92 Å². The van der Waals surface area contributed by atoms with Crippen molar-refractivity contribution in [1.82, 2.24) is 24.2 Å². The first-order valence-electron chi connectivity index (χ1n) is 12.4. The van der Waals surface area contributed by atoms with Crippen LogP contribution in [0.15, 0.2) is 41.4 Å². The highest BCUT2D eigenvalue weighted by Crippen LogP contribution is 2.35. The number of hydrogen-bond acceptors (Lipinski definition) is 7. The van der Waals surface area contributed by atoms with Crippen LogP contribution in [-0.2, 0) is 27.6 Å². The van der Waals surface area contributed by atoms with Gasteiger partial charge >= 0.3 is 0 Å². The highest BCUT2D eigenvalue weighted by molar-refractivity contribution is 7.89. The molecule has 0 aliphatic heterocycles. The number of nitrogens with one attached hydrogen (secondary N) is 2. The minimum atomic E-state index is -3.69. The van der Waals surface area contributed by atoms with Gasteiger partial charge < -0.3 is 15.0 Å². The fraction of sp³-hybridized carbons (Fsp3) is 0.500. The van der Waals surface area contributed by atoms with Gasteiger partial charge in [-0.3, -0.25) is 0 Å². The Balaban J connectivity index is 1.53. The Morgan fingerprint density at radius 1 is 1.14 bits per heavy atom. The van der Waals surface area contributed by atoms with Gasteiger partial charge in [-0.25, -0.2) is 23.4 Å². The van der Waals surface area contributed by atoms with Crippen molar-refractivity contribution in [3.63, 3.8) is 0 Å². The summed E-state index contributed by atoms with van der Waals surface area (Å²) in [6, 6.07) is 8.53. The molecule has 1 saturated carbocycles. The van der Waals surface area contributed by atoms with E-state index in [9.17, 15) is 8.42 Å². The molecule has 0 saturated heterocycles. The Morgan fingerprint density at radius 3 is 2.47 bits per heavy atom. The molecule has 1 aliphatic rings. The van der Waals surface area contributed by atoms with Crippen molar-refractivity contribution in [3.05, 3.63) is 48.0 Å². The number of hydrogen-bond donors (Lipinski definition) is 2. The summed E-state index contributed by atoms with van der Waals surface area (Å²) < 4.78 is 33.2. The Morgan fingerprint density at radius 2 is 1.86 bits per heavy atom. The number of anilines is 2. The van der Waals surface area contributed by atoms with Gasteiger partial charge in [0.15, 0.2) is 0 Å². The van der Waals surface area contributed by atoms with Crippen LogP contribution < -0.4 is 5.32 Å². The second kappa shape index (κ2) is 10.7. The van der Waals surface area contributed by atoms with Gasteiger partial charge in [0.2, 0.25) is 16.0 Å². The first-order valence-corrected chi connectivity index (χ1v) is 13.9. The van der Waals surface area contributed by atoms with E-state index in [1.165, 1.54) is 17.1 Å². The minimum Gasteiger partial charge on any atom is -0.383 e. The standard InChI is InChI=1S/C26H36N6O3S/c1-6-23-29-22(17-18-7-8-18)24(31-23)21-13-14-27-25(30-21)28-19-9-11-20(12-10-19)36(33,34)32(15-16-35-5)26(2,3)4/h9-14,18H,6-8,15-17H2,1-5H3,(H,29,31)(H,27,28,30). The Labute approximate surface area is 213 Å². The molecule has 0 amide bonds. The monoisotopic (exact) mass is 512 g/mol. The van der Waals surface area contributed by atoms with Gasteiger partial charge in [0.05, 0.1) is 28.6 Å². The van der Waals surface area contributed by atoms with E-state index in [4.69, 9.17) is 14.7 Å². The molecule has 1 fully saturated rings. The summed E-state index contributed by atoms with van der Waals surface area (Å²) in [6.45, 7) is 8.30. The van der Waals surface area contributed by atoms with E-state index < -0.39 is 15.6 Å². The average Bonchev–Trinajstić information content (AvgIpc) is 3.55. The minimum absolute atomic E-state index is 0.225. The number of sulfonamides is 1. The van der Waals surface area contributed by atoms with Crippen molar-refractivity contribution >= 4 is 21.7 Å². The second-order valence-corrected chi connectivity index (χ2v) is 12.0. The molecule has 0 radical (unpaired) electrons. The number of aromatic amines is 1. The number of methoxy groups -OCH3 is 1. The lowest BCUT2D eigenvalue weighted by atomic mass is 10.1. The van der Waals surface area contributed by atoms with Crippen LogP contribution in [0.3, 0.4) is 0 Å². The molecule has 0 bridgehead atoms. The number of benzene rings is 1. The number of nitrogens with zero attached hydrogens (tertiary/aromatic N) is 4. The normalized spacial score (nSPS) is 14.4. The predicted octanol–water partition coefficient (Wildman–Crippen LogP) is 4.56. The first kappa shape index (κ1) is 26.2. The van der Waals surface area contributed by atoms with Crippen molar-refractivity contribution in [2.24, 2.45) is 5.92 Å². The summed E-state index contributed by atoms with van der Waals surface area (Å²) in [5.74, 6) is 2.11. The summed E-state index contributed by atoms with van der Waals surface area (Å²) >= 11 is 0. The van der Waals surface area contributed by atoms with Gasteiger partial charge in [0.25, 0.3) is 0 Å². The smallest absolute Gasteiger partial charge is 0.243 e. The van der Waals surface area contributed by atoms with Gasteiger partial charge in [-0.05, 0) is 76.3 Å². The fourth-order valence-electron chi connectivity index (χ4n) is 4.10. The predicted molar refractivity (Wildman–Crippen MR) is 141 cm³/mol. The largest absolute Gasteiger partial charge is 0.383 e. The molecule has 4 rings (SSSR count). The molecule has 2 N–H and O–H groups in total. The number of aromatic nitrogens is 4. The summed E-state index contributed by atoms with van der Waals surface area (Å²) in [5.41, 5.74) is 2.91. The van der Waals surface area contributed by atoms with Crippen LogP contribution in [0.2, 0.25) is 0 Å². The van der Waals surface area contributed by atoms with E-state index in [1.807, 2.05) is 26.8 Å². The molecule has 9 nitrogen and oxygen atoms in total. The van der Waals surface area contributed by atoms with Crippen molar-refractivity contribution < 1.29 is 13.2 Å². The molecule has 36 heavy (non-hydrogen) atoms. The average molecular weight is 513 g/mol. The summed E-state index contributed by atoms with van der Waals surface area (Å²) in [5, 5.41) is 3.19. The SMILES string of the molecule is CCc1nc(CC2CC2)c(-c2ccnc(Nc3ccc(S(=O)(=O)N(CCOC)C(C)(C)C)cc3)n2)[nH]1. The molecular formula is C26H36N6O3S. The maximum absolute atomic E-state index is 13.3. The molecule has 10 heteroatoms. The third-order valence-electron chi connectivity index (χ3n) is 6.20. The van der Waals surface area contributed by atoms with Gasteiger partial charge in [0.1, 0.15) is 5.82 Å². The molecule has 0 unspecified atom stereocenters. The van der Waals surface area contributed by atoms with Crippen LogP contribution in [0.1, 0.15) is 52.1 Å². The topological polar surface area (TPSA) is 113 Å². The number of ether oxygens (including phenoxy) is 1. The third kappa shape index (κ3) is 6.11. The van der Waals surface area contributed by atoms with Crippen LogP contribution in [0, 0.1) is 5.92 Å². The zero-order chi connectivity index (χ0) is 25.9. The van der Waals surface area contributed by atoms with Gasteiger partial charge in [-0.15, -0.1) is 0 Å². The number of H-pyrrole nitrogens is 1. The number of aryl methyl sites for hydroxylation is 1. The van der Waals surface area contributed by atoms with E-state index in [0.717, 1.165) is 41.7 Å².